The molecule has 1 saturated heterocycles. The maximum Gasteiger partial charge on any atom is 0.239 e. The molecule has 0 spiro atoms. The Morgan fingerprint density at radius 3 is 2.89 bits per heavy atom. The highest BCUT2D eigenvalue weighted by molar-refractivity contribution is 6.29. The molecule has 0 aromatic heterocycles. The minimum Gasteiger partial charge on any atom is -0.325 e. The molecule has 0 unspecified atom stereocenters. The first-order valence-corrected chi connectivity index (χ1v) is 6.11. The fourth-order valence-electron chi connectivity index (χ4n) is 1.89. The number of hydrogen-bond donors (Lipinski definition) is 1. The smallest absolute Gasteiger partial charge is 0.239 e. The van der Waals surface area contributed by atoms with Crippen molar-refractivity contribution in [3.8, 4) is 0 Å². The number of nitrogens with zero attached hydrogens (tertiary/aromatic N) is 1. The summed E-state index contributed by atoms with van der Waals surface area (Å²) in [6.07, 6.45) is 1.15. The van der Waals surface area contributed by atoms with Crippen molar-refractivity contribution in [2.75, 3.05) is 22.6 Å². The van der Waals surface area contributed by atoms with Gasteiger partial charge in [-0.25, -0.2) is 4.39 Å². The van der Waals surface area contributed by atoms with Gasteiger partial charge in [-0.1, -0.05) is 0 Å². The Bertz CT molecular complexity index is 493. The fourth-order valence-corrected chi connectivity index (χ4v) is 1.96. The van der Waals surface area contributed by atoms with Gasteiger partial charge in [-0.2, -0.15) is 0 Å². The summed E-state index contributed by atoms with van der Waals surface area (Å²) in [5, 5.41) is 2.52. The molecule has 0 saturated carbocycles. The van der Waals surface area contributed by atoms with E-state index in [-0.39, 0.29) is 23.4 Å². The van der Waals surface area contributed by atoms with Gasteiger partial charge in [-0.3, -0.25) is 9.59 Å². The number of hydrogen-bond acceptors (Lipinski definition) is 2. The number of carbonyl (C=O) groups excluding carboxylic acids is 2. The van der Waals surface area contributed by atoms with Crippen LogP contribution in [0.15, 0.2) is 18.2 Å². The molecule has 96 valence electrons. The van der Waals surface area contributed by atoms with Crippen LogP contribution in [-0.2, 0) is 9.59 Å². The Hall–Kier alpha value is -1.62. The fraction of sp³-hybridized carbons (Fsp3) is 0.333. The molecule has 0 aliphatic carbocycles. The van der Waals surface area contributed by atoms with Gasteiger partial charge >= 0.3 is 0 Å². The normalized spacial score (nSPS) is 15.0. The molecule has 1 aliphatic heterocycles. The second kappa shape index (κ2) is 5.35. The first kappa shape index (κ1) is 12.8. The number of alkyl halides is 1. The molecule has 2 rings (SSSR count). The van der Waals surface area contributed by atoms with Crippen molar-refractivity contribution >= 4 is 34.8 Å². The van der Waals surface area contributed by atoms with Crippen LogP contribution in [-0.4, -0.2) is 24.2 Å². The first-order chi connectivity index (χ1) is 8.61. The van der Waals surface area contributed by atoms with Crippen molar-refractivity contribution in [2.24, 2.45) is 0 Å². The summed E-state index contributed by atoms with van der Waals surface area (Å²) in [4.78, 5) is 24.1. The molecule has 1 aliphatic rings. The van der Waals surface area contributed by atoms with E-state index in [1.54, 1.807) is 0 Å². The summed E-state index contributed by atoms with van der Waals surface area (Å²) in [6, 6.07) is 4.11. The third-order valence-corrected chi connectivity index (χ3v) is 2.96. The van der Waals surface area contributed by atoms with E-state index in [2.05, 4.69) is 5.32 Å². The lowest BCUT2D eigenvalue weighted by molar-refractivity contribution is -0.117. The lowest BCUT2D eigenvalue weighted by Gasteiger charge is -2.17. The minimum atomic E-state index is -0.478. The van der Waals surface area contributed by atoms with Crippen LogP contribution in [0.3, 0.4) is 0 Å². The number of amides is 2. The summed E-state index contributed by atoms with van der Waals surface area (Å²) >= 11 is 5.37. The summed E-state index contributed by atoms with van der Waals surface area (Å²) < 4.78 is 13.7. The lowest BCUT2D eigenvalue weighted by Crippen LogP contribution is -2.25. The largest absolute Gasteiger partial charge is 0.325 e. The molecule has 4 nitrogen and oxygen atoms in total. The van der Waals surface area contributed by atoms with E-state index in [9.17, 15) is 14.0 Å². The third-order valence-electron chi connectivity index (χ3n) is 2.72. The van der Waals surface area contributed by atoms with Crippen molar-refractivity contribution in [2.45, 2.75) is 12.8 Å². The molecule has 0 radical (unpaired) electrons. The van der Waals surface area contributed by atoms with Crippen molar-refractivity contribution in [1.82, 2.24) is 0 Å². The molecule has 18 heavy (non-hydrogen) atoms. The summed E-state index contributed by atoms with van der Waals surface area (Å²) in [5.74, 6) is -1.12. The monoisotopic (exact) mass is 270 g/mol. The second-order valence-corrected chi connectivity index (χ2v) is 4.26. The Balaban J connectivity index is 2.26. The van der Waals surface area contributed by atoms with E-state index in [0.29, 0.717) is 18.7 Å². The maximum absolute atomic E-state index is 13.7. The SMILES string of the molecule is O=C(CCl)Nc1ccc(F)c(N2CCCC2=O)c1. The molecular weight excluding hydrogens is 259 g/mol. The molecule has 0 bridgehead atoms. The van der Waals surface area contributed by atoms with Gasteiger partial charge in [-0.15, -0.1) is 11.6 Å². The Morgan fingerprint density at radius 1 is 1.50 bits per heavy atom. The molecule has 1 heterocycles. The van der Waals surface area contributed by atoms with Crippen LogP contribution >= 0.6 is 11.6 Å². The van der Waals surface area contributed by atoms with E-state index < -0.39 is 5.82 Å². The van der Waals surface area contributed by atoms with Gasteiger partial charge in [0.05, 0.1) is 5.69 Å². The summed E-state index contributed by atoms with van der Waals surface area (Å²) in [5.41, 5.74) is 0.627. The number of benzene rings is 1. The topological polar surface area (TPSA) is 49.4 Å². The van der Waals surface area contributed by atoms with Crippen LogP contribution < -0.4 is 10.2 Å². The Morgan fingerprint density at radius 2 is 2.28 bits per heavy atom. The van der Waals surface area contributed by atoms with E-state index in [1.165, 1.54) is 23.1 Å². The van der Waals surface area contributed by atoms with Gasteiger partial charge in [0.2, 0.25) is 11.8 Å². The summed E-state index contributed by atoms with van der Waals surface area (Å²) in [6.45, 7) is 0.503. The first-order valence-electron chi connectivity index (χ1n) is 5.57. The predicted octanol–water partition coefficient (Wildman–Crippen LogP) is 2.13. The van der Waals surface area contributed by atoms with E-state index in [4.69, 9.17) is 11.6 Å². The average molecular weight is 271 g/mol. The number of halogens is 2. The van der Waals surface area contributed by atoms with Crippen molar-refractivity contribution in [3.63, 3.8) is 0 Å². The molecule has 1 fully saturated rings. The minimum absolute atomic E-state index is 0.102. The zero-order valence-corrected chi connectivity index (χ0v) is 10.3. The number of anilines is 2. The van der Waals surface area contributed by atoms with Crippen LogP contribution in [0.25, 0.3) is 0 Å². The van der Waals surface area contributed by atoms with Gasteiger partial charge in [0.15, 0.2) is 0 Å². The third kappa shape index (κ3) is 2.61. The Kier molecular flexibility index (Phi) is 3.81. The molecule has 6 heteroatoms. The van der Waals surface area contributed by atoms with Crippen LogP contribution in [0.4, 0.5) is 15.8 Å². The molecule has 1 aromatic rings. The predicted molar refractivity (Wildman–Crippen MR) is 67.3 cm³/mol. The highest BCUT2D eigenvalue weighted by atomic mass is 35.5. The van der Waals surface area contributed by atoms with E-state index in [1.807, 2.05) is 0 Å². The van der Waals surface area contributed by atoms with Gasteiger partial charge in [0.1, 0.15) is 11.7 Å². The number of rotatable bonds is 3. The molecule has 1 N–H and O–H groups in total. The van der Waals surface area contributed by atoms with E-state index in [0.717, 1.165) is 6.42 Å². The summed E-state index contributed by atoms with van der Waals surface area (Å²) in [7, 11) is 0. The quantitative estimate of drug-likeness (QED) is 0.856. The molecule has 0 atom stereocenters. The van der Waals surface area contributed by atoms with Gasteiger partial charge in [-0.05, 0) is 24.6 Å². The van der Waals surface area contributed by atoms with Crippen LogP contribution in [0.2, 0.25) is 0 Å². The highest BCUT2D eigenvalue weighted by Crippen LogP contribution is 2.27. The number of carbonyl (C=O) groups is 2. The van der Waals surface area contributed by atoms with Crippen LogP contribution in [0.5, 0.6) is 0 Å². The lowest BCUT2D eigenvalue weighted by atomic mass is 10.2. The standard InChI is InChI=1S/C12H12ClFN2O2/c13-7-11(17)15-8-3-4-9(14)10(6-8)16-5-1-2-12(16)18/h3-4,6H,1-2,5,7H2,(H,15,17). The van der Waals surface area contributed by atoms with Gasteiger partial charge < -0.3 is 10.2 Å². The highest BCUT2D eigenvalue weighted by Gasteiger charge is 2.24. The zero-order valence-electron chi connectivity index (χ0n) is 9.58. The van der Waals surface area contributed by atoms with Crippen molar-refractivity contribution < 1.29 is 14.0 Å². The Labute approximate surface area is 109 Å². The molecule has 1 aromatic carbocycles. The number of nitrogens with one attached hydrogen (secondary N) is 1. The van der Waals surface area contributed by atoms with Crippen LogP contribution in [0, 0.1) is 5.82 Å². The van der Waals surface area contributed by atoms with Gasteiger partial charge in [0, 0.05) is 18.7 Å². The van der Waals surface area contributed by atoms with Gasteiger partial charge in [0.25, 0.3) is 0 Å². The molecular formula is C12H12ClFN2O2. The van der Waals surface area contributed by atoms with Crippen LogP contribution in [0.1, 0.15) is 12.8 Å². The van der Waals surface area contributed by atoms with Crippen molar-refractivity contribution in [1.29, 1.82) is 0 Å². The average Bonchev–Trinajstić information content (AvgIpc) is 2.77. The second-order valence-electron chi connectivity index (χ2n) is 4.00. The maximum atomic E-state index is 13.7. The van der Waals surface area contributed by atoms with Crippen molar-refractivity contribution in [3.05, 3.63) is 24.0 Å². The molecule has 2 amide bonds. The van der Waals surface area contributed by atoms with E-state index >= 15 is 0 Å². The zero-order chi connectivity index (χ0) is 13.1.